The maximum Gasteiger partial charge on any atom is 0.343 e. The minimum Gasteiger partial charge on any atom is -0.462 e. The fraction of sp³-hybridized carbons (Fsp3) is 0.105. The number of benzene rings is 2. The van der Waals surface area contributed by atoms with Crippen molar-refractivity contribution in [1.29, 1.82) is 0 Å². The molecule has 0 spiro atoms. The fourth-order valence-electron chi connectivity index (χ4n) is 2.40. The van der Waals surface area contributed by atoms with Gasteiger partial charge in [-0.15, -0.1) is 0 Å². The summed E-state index contributed by atoms with van der Waals surface area (Å²) in [6.07, 6.45) is 1.37. The Labute approximate surface area is 155 Å². The number of ether oxygens (including phenoxy) is 1. The summed E-state index contributed by atoms with van der Waals surface area (Å²) in [6.45, 7) is 1.93. The summed E-state index contributed by atoms with van der Waals surface area (Å²) < 4.78 is 6.54. The highest BCUT2D eigenvalue weighted by atomic mass is 35.5. The number of carbonyl (C=O) groups excluding carboxylic acids is 2. The Hall–Kier alpha value is -3.12. The number of aromatic nitrogens is 2. The van der Waals surface area contributed by atoms with E-state index in [-0.39, 0.29) is 18.0 Å². The molecule has 0 aliphatic heterocycles. The summed E-state index contributed by atoms with van der Waals surface area (Å²) in [5.74, 6) is -0.730. The van der Waals surface area contributed by atoms with Crippen LogP contribution in [0.25, 0.3) is 5.69 Å². The van der Waals surface area contributed by atoms with Gasteiger partial charge in [-0.2, -0.15) is 5.10 Å². The van der Waals surface area contributed by atoms with E-state index in [4.69, 9.17) is 16.3 Å². The van der Waals surface area contributed by atoms with Gasteiger partial charge < -0.3 is 10.1 Å². The number of rotatable bonds is 5. The van der Waals surface area contributed by atoms with Crippen molar-refractivity contribution < 1.29 is 14.3 Å². The molecule has 0 fully saturated rings. The van der Waals surface area contributed by atoms with Gasteiger partial charge in [-0.3, -0.25) is 4.79 Å². The third kappa shape index (κ3) is 3.75. The molecular formula is C19H16ClN3O3. The van der Waals surface area contributed by atoms with Crippen molar-refractivity contribution in [3.63, 3.8) is 0 Å². The predicted octanol–water partition coefficient (Wildman–Crippen LogP) is 3.95. The lowest BCUT2D eigenvalue weighted by Crippen LogP contribution is -2.18. The van der Waals surface area contributed by atoms with Crippen LogP contribution in [0.3, 0.4) is 0 Å². The van der Waals surface area contributed by atoms with E-state index in [1.54, 1.807) is 31.2 Å². The van der Waals surface area contributed by atoms with Crippen LogP contribution < -0.4 is 5.32 Å². The highest BCUT2D eigenvalue weighted by molar-refractivity contribution is 6.31. The third-order valence-corrected chi connectivity index (χ3v) is 3.82. The van der Waals surface area contributed by atoms with Gasteiger partial charge in [0.25, 0.3) is 5.91 Å². The van der Waals surface area contributed by atoms with Crippen LogP contribution in [0.5, 0.6) is 0 Å². The first-order chi connectivity index (χ1) is 12.6. The molecule has 0 unspecified atom stereocenters. The highest BCUT2D eigenvalue weighted by Crippen LogP contribution is 2.22. The van der Waals surface area contributed by atoms with Gasteiger partial charge >= 0.3 is 5.97 Å². The summed E-state index contributed by atoms with van der Waals surface area (Å²) in [5, 5.41) is 7.42. The summed E-state index contributed by atoms with van der Waals surface area (Å²) >= 11 is 5.95. The molecule has 2 aromatic carbocycles. The Morgan fingerprint density at radius 3 is 2.62 bits per heavy atom. The number of anilines is 1. The number of hydrogen-bond donors (Lipinski definition) is 1. The molecule has 1 amide bonds. The van der Waals surface area contributed by atoms with E-state index in [2.05, 4.69) is 10.4 Å². The summed E-state index contributed by atoms with van der Waals surface area (Å²) in [6, 6.07) is 15.7. The third-order valence-electron chi connectivity index (χ3n) is 3.58. The van der Waals surface area contributed by atoms with Crippen molar-refractivity contribution in [1.82, 2.24) is 9.78 Å². The van der Waals surface area contributed by atoms with Crippen LogP contribution in [0.15, 0.2) is 60.8 Å². The lowest BCUT2D eigenvalue weighted by Gasteiger charge is -2.11. The van der Waals surface area contributed by atoms with Crippen molar-refractivity contribution in [3.8, 4) is 5.69 Å². The van der Waals surface area contributed by atoms with Crippen LogP contribution in [-0.2, 0) is 4.74 Å². The Kier molecular flexibility index (Phi) is 5.34. The molecule has 0 saturated carbocycles. The van der Waals surface area contributed by atoms with Gasteiger partial charge in [-0.1, -0.05) is 35.9 Å². The lowest BCUT2D eigenvalue weighted by molar-refractivity contribution is 0.0527. The van der Waals surface area contributed by atoms with Crippen LogP contribution in [0.1, 0.15) is 27.6 Å². The molecule has 6 nitrogen and oxygen atoms in total. The number of para-hydroxylation sites is 1. The van der Waals surface area contributed by atoms with E-state index in [0.29, 0.717) is 16.3 Å². The molecular weight excluding hydrogens is 354 g/mol. The molecule has 0 aliphatic carbocycles. The van der Waals surface area contributed by atoms with Gasteiger partial charge in [-0.05, 0) is 37.3 Å². The van der Waals surface area contributed by atoms with E-state index in [1.165, 1.54) is 10.9 Å². The van der Waals surface area contributed by atoms with Crippen LogP contribution in [0, 0.1) is 0 Å². The second-order valence-corrected chi connectivity index (χ2v) is 5.78. The van der Waals surface area contributed by atoms with Crippen molar-refractivity contribution in [2.75, 3.05) is 11.9 Å². The molecule has 3 rings (SSSR count). The van der Waals surface area contributed by atoms with Crippen LogP contribution in [0.4, 0.5) is 5.82 Å². The van der Waals surface area contributed by atoms with Crippen molar-refractivity contribution in [2.45, 2.75) is 6.92 Å². The Balaban J connectivity index is 2.01. The molecule has 0 atom stereocenters. The Morgan fingerprint density at radius 1 is 1.15 bits per heavy atom. The highest BCUT2D eigenvalue weighted by Gasteiger charge is 2.22. The largest absolute Gasteiger partial charge is 0.462 e. The predicted molar refractivity (Wildman–Crippen MR) is 98.9 cm³/mol. The minimum absolute atomic E-state index is 0.172. The smallest absolute Gasteiger partial charge is 0.343 e. The summed E-state index contributed by atoms with van der Waals surface area (Å²) in [4.78, 5) is 24.9. The number of amides is 1. The molecule has 7 heteroatoms. The van der Waals surface area contributed by atoms with E-state index in [1.807, 2.05) is 30.3 Å². The first-order valence-electron chi connectivity index (χ1n) is 7.97. The first-order valence-corrected chi connectivity index (χ1v) is 8.35. The molecule has 1 N–H and O–H groups in total. The zero-order chi connectivity index (χ0) is 18.5. The molecule has 26 heavy (non-hydrogen) atoms. The van der Waals surface area contributed by atoms with E-state index in [9.17, 15) is 9.59 Å². The van der Waals surface area contributed by atoms with Crippen LogP contribution >= 0.6 is 11.6 Å². The number of carbonyl (C=O) groups is 2. The molecule has 0 radical (unpaired) electrons. The molecule has 3 aromatic rings. The zero-order valence-electron chi connectivity index (χ0n) is 14.0. The number of hydrogen-bond acceptors (Lipinski definition) is 4. The molecule has 0 bridgehead atoms. The van der Waals surface area contributed by atoms with E-state index < -0.39 is 11.9 Å². The fourth-order valence-corrected chi connectivity index (χ4v) is 2.59. The molecule has 0 saturated heterocycles. The van der Waals surface area contributed by atoms with E-state index in [0.717, 1.165) is 0 Å². The van der Waals surface area contributed by atoms with Crippen molar-refractivity contribution >= 4 is 29.3 Å². The van der Waals surface area contributed by atoms with E-state index >= 15 is 0 Å². The van der Waals surface area contributed by atoms with Gasteiger partial charge in [0, 0.05) is 10.6 Å². The zero-order valence-corrected chi connectivity index (χ0v) is 14.7. The molecule has 132 valence electrons. The topological polar surface area (TPSA) is 73.2 Å². The maximum absolute atomic E-state index is 12.6. The number of nitrogens with one attached hydrogen (secondary N) is 1. The SMILES string of the molecule is CCOC(=O)c1cnn(-c2ccccc2)c1NC(=O)c1cccc(Cl)c1. The molecule has 1 heterocycles. The minimum atomic E-state index is -0.559. The van der Waals surface area contributed by atoms with Crippen LogP contribution in [-0.4, -0.2) is 28.3 Å². The number of halogens is 1. The standard InChI is InChI=1S/C19H16ClN3O3/c1-2-26-19(25)16-12-21-23(15-9-4-3-5-10-15)17(16)22-18(24)13-7-6-8-14(20)11-13/h3-12H,2H2,1H3,(H,22,24). The molecule has 1 aromatic heterocycles. The molecule has 0 aliphatic rings. The van der Waals surface area contributed by atoms with Gasteiger partial charge in [0.1, 0.15) is 5.56 Å². The summed E-state index contributed by atoms with van der Waals surface area (Å²) in [5.41, 5.74) is 1.24. The van der Waals surface area contributed by atoms with Crippen molar-refractivity contribution in [2.24, 2.45) is 0 Å². The van der Waals surface area contributed by atoms with Gasteiger partial charge in [0.15, 0.2) is 5.82 Å². The second kappa shape index (κ2) is 7.84. The van der Waals surface area contributed by atoms with Gasteiger partial charge in [-0.25, -0.2) is 9.48 Å². The Bertz CT molecular complexity index is 938. The first kappa shape index (κ1) is 17.7. The summed E-state index contributed by atoms with van der Waals surface area (Å²) in [7, 11) is 0. The lowest BCUT2D eigenvalue weighted by atomic mass is 10.2. The Morgan fingerprint density at radius 2 is 1.92 bits per heavy atom. The van der Waals surface area contributed by atoms with Crippen molar-refractivity contribution in [3.05, 3.63) is 76.9 Å². The van der Waals surface area contributed by atoms with Gasteiger partial charge in [0.05, 0.1) is 18.5 Å². The average molecular weight is 370 g/mol. The average Bonchev–Trinajstić information content (AvgIpc) is 3.06. The maximum atomic E-state index is 12.6. The van der Waals surface area contributed by atoms with Gasteiger partial charge in [0.2, 0.25) is 0 Å². The quantitative estimate of drug-likeness (QED) is 0.691. The monoisotopic (exact) mass is 369 g/mol. The van der Waals surface area contributed by atoms with Crippen LogP contribution in [0.2, 0.25) is 5.02 Å². The number of esters is 1. The number of nitrogens with zero attached hydrogens (tertiary/aromatic N) is 2. The second-order valence-electron chi connectivity index (χ2n) is 5.34. The normalized spacial score (nSPS) is 10.4.